The number of rotatable bonds is 16. The van der Waals surface area contributed by atoms with Crippen LogP contribution in [0.2, 0.25) is 0 Å². The molecule has 0 bridgehead atoms. The molecule has 0 radical (unpaired) electrons. The first kappa shape index (κ1) is 56.2. The van der Waals surface area contributed by atoms with Crippen molar-refractivity contribution in [1.29, 1.82) is 0 Å². The molecule has 0 unspecified atom stereocenters. The summed E-state index contributed by atoms with van der Waals surface area (Å²) in [6.45, 7) is 24.8. The lowest BCUT2D eigenvalue weighted by atomic mass is 9.79. The van der Waals surface area contributed by atoms with Gasteiger partial charge in [-0.15, -0.1) is 0 Å². The predicted octanol–water partition coefficient (Wildman–Crippen LogP) is 12.1. The minimum absolute atomic E-state index is 0.146. The highest BCUT2D eigenvalue weighted by atomic mass is 16.5. The number of aliphatic hydroxyl groups is 4. The molecule has 0 aliphatic carbocycles. The molecule has 8 aliphatic heterocycles. The largest absolute Gasteiger partial charge is 0.493 e. The quantitative estimate of drug-likeness (QED) is 0.0836. The number of piperidine rings is 4. The summed E-state index contributed by atoms with van der Waals surface area (Å²) in [5.74, 6) is 6.30. The molecule has 0 spiro atoms. The van der Waals surface area contributed by atoms with E-state index in [1.165, 1.54) is 28.4 Å². The second kappa shape index (κ2) is 32.1. The third-order valence-electron chi connectivity index (χ3n) is 21.0. The number of hydrogen-bond donors (Lipinski definition) is 4. The minimum Gasteiger partial charge on any atom is -0.493 e. The molecule has 8 aliphatic rings. The first-order valence-electron chi connectivity index (χ1n) is 40.0. The van der Waals surface area contributed by atoms with E-state index in [1.807, 2.05) is 24.3 Å². The van der Waals surface area contributed by atoms with E-state index >= 15 is 0 Å². The molecule has 12 atom stereocenters. The zero-order valence-corrected chi connectivity index (χ0v) is 56.8. The molecule has 16 heteroatoms. The normalized spacial score (nSPS) is 30.0. The van der Waals surface area contributed by atoms with Gasteiger partial charge in [-0.25, -0.2) is 0 Å². The Kier molecular flexibility index (Phi) is 19.6. The lowest BCUT2D eigenvalue weighted by Crippen LogP contribution is -2.48. The topological polar surface area (TPSA) is 168 Å². The first-order valence-corrected chi connectivity index (χ1v) is 34.0. The maximum Gasteiger partial charge on any atom is 0.161 e. The van der Waals surface area contributed by atoms with E-state index in [4.69, 9.17) is 54.3 Å². The summed E-state index contributed by atoms with van der Waals surface area (Å²) < 4.78 is 130. The van der Waals surface area contributed by atoms with Gasteiger partial charge in [-0.1, -0.05) is 55.4 Å². The van der Waals surface area contributed by atoms with E-state index in [2.05, 4.69) is 75.0 Å². The average Bonchev–Trinajstić information content (AvgIpc) is 0.783. The highest BCUT2D eigenvalue weighted by Crippen LogP contribution is 2.49. The zero-order chi connectivity index (χ0) is 76.2. The third kappa shape index (κ3) is 16.4. The first-order chi connectivity index (χ1) is 48.7. The van der Waals surface area contributed by atoms with E-state index in [0.717, 1.165) is 148 Å². The van der Waals surface area contributed by atoms with Crippen molar-refractivity contribution >= 4 is 0 Å². The Morgan fingerprint density at radius 2 is 0.533 bits per heavy atom. The van der Waals surface area contributed by atoms with E-state index in [0.29, 0.717) is 96.0 Å². The molecule has 8 heterocycles. The Morgan fingerprint density at radius 3 is 0.707 bits per heavy atom. The van der Waals surface area contributed by atoms with Crippen molar-refractivity contribution in [1.82, 2.24) is 19.6 Å². The maximum absolute atomic E-state index is 10.7. The monoisotopic (exact) mass is 1290 g/mol. The van der Waals surface area contributed by atoms with E-state index in [1.54, 1.807) is 24.3 Å². The number of methoxy groups -OCH3 is 8. The van der Waals surface area contributed by atoms with Gasteiger partial charge >= 0.3 is 0 Å². The Bertz CT molecular complexity index is 3040. The summed E-state index contributed by atoms with van der Waals surface area (Å²) in [6, 6.07) is 15.3. The van der Waals surface area contributed by atoms with Crippen LogP contribution in [0.15, 0.2) is 48.5 Å². The highest BCUT2D eigenvalue weighted by molar-refractivity contribution is 5.53. The van der Waals surface area contributed by atoms with Gasteiger partial charge in [0.2, 0.25) is 0 Å². The van der Waals surface area contributed by atoms with Crippen LogP contribution in [0.3, 0.4) is 0 Å². The van der Waals surface area contributed by atoms with Crippen molar-refractivity contribution < 1.29 is 74.8 Å². The minimum atomic E-state index is -2.51. The number of fused-ring (bicyclic) bond motifs is 12. The van der Waals surface area contributed by atoms with Crippen LogP contribution in [0, 0.1) is 47.3 Å². The van der Waals surface area contributed by atoms with Gasteiger partial charge in [0, 0.05) is 76.5 Å². The molecule has 0 aromatic heterocycles. The van der Waals surface area contributed by atoms with Crippen molar-refractivity contribution in [3.63, 3.8) is 0 Å². The molecule has 4 saturated heterocycles. The van der Waals surface area contributed by atoms with Crippen LogP contribution in [0.25, 0.3) is 0 Å². The van der Waals surface area contributed by atoms with Gasteiger partial charge in [0.25, 0.3) is 0 Å². The second-order valence-corrected chi connectivity index (χ2v) is 29.0. The molecule has 16 nitrogen and oxygen atoms in total. The summed E-state index contributed by atoms with van der Waals surface area (Å²) in [5, 5.41) is 42.6. The molecule has 0 saturated carbocycles. The van der Waals surface area contributed by atoms with Crippen molar-refractivity contribution in [2.24, 2.45) is 47.3 Å². The van der Waals surface area contributed by atoms with Crippen LogP contribution >= 0.6 is 0 Å². The summed E-state index contributed by atoms with van der Waals surface area (Å²) in [6.07, 6.45) is 9.08. The second-order valence-electron chi connectivity index (χ2n) is 29.0. The molecular formula is C76H116N4O12. The molecular weight excluding hydrogens is 1160 g/mol. The van der Waals surface area contributed by atoms with Crippen LogP contribution in [0.4, 0.5) is 0 Å². The molecule has 12 rings (SSSR count). The van der Waals surface area contributed by atoms with Gasteiger partial charge in [0.1, 0.15) is 0 Å². The van der Waals surface area contributed by atoms with Crippen LogP contribution in [-0.4, -0.2) is 173 Å². The number of ether oxygens (including phenoxy) is 8. The van der Waals surface area contributed by atoms with Crippen LogP contribution in [0.5, 0.6) is 46.0 Å². The van der Waals surface area contributed by atoms with Crippen molar-refractivity contribution in [2.75, 3.05) is 109 Å². The summed E-state index contributed by atoms with van der Waals surface area (Å²) in [7, 11) is -3.96. The fourth-order valence-electron chi connectivity index (χ4n) is 16.7. The van der Waals surface area contributed by atoms with Crippen molar-refractivity contribution in [3.8, 4) is 46.0 Å². The molecule has 4 N–H and O–H groups in total. The number of nitrogens with zero attached hydrogens (tertiary/aromatic N) is 4. The third-order valence-corrected chi connectivity index (χ3v) is 21.0. The lowest BCUT2D eigenvalue weighted by molar-refractivity contribution is -0.0192. The predicted molar refractivity (Wildman–Crippen MR) is 365 cm³/mol. The summed E-state index contributed by atoms with van der Waals surface area (Å²) in [4.78, 5) is 9.80. The molecule has 4 aromatic carbocycles. The van der Waals surface area contributed by atoms with Gasteiger partial charge < -0.3 is 58.3 Å². The average molecular weight is 1290 g/mol. The Labute approximate surface area is 569 Å². The van der Waals surface area contributed by atoms with Crippen LogP contribution < -0.4 is 37.9 Å². The van der Waals surface area contributed by atoms with Gasteiger partial charge in [-0.05, 0) is 217 Å². The number of aliphatic hydroxyl groups excluding tert-OH is 4. The Hall–Kier alpha value is -5.04. The highest BCUT2D eigenvalue weighted by Gasteiger charge is 2.43. The number of benzene rings is 4. The lowest BCUT2D eigenvalue weighted by Gasteiger charge is -2.46. The zero-order valence-electron chi connectivity index (χ0n) is 68.8. The molecule has 512 valence electrons. The standard InChI is InChI=1S/4C19H29NO3/c4*1-12(2)7-14-11-20-6-5-13-8-18(22-3)19(23-4)9-15(13)16(20)10-17(14)21/h4*8-9,12,14,16-17,21H,5-7,10-11H2,1-4H3/t2*14-,16-,17+;2*14-,16-,17-/m1010/s1/i4*3D3. The number of hydrogen-bond acceptors (Lipinski definition) is 16. The van der Waals surface area contributed by atoms with Gasteiger partial charge in [-0.3, -0.25) is 19.6 Å². The SMILES string of the molecule is [2H]C([2H])([2H])Oc1cc2c(cc1OC)[C@@H]1C[C@@H](O)[C@@H](CC(C)C)CN1CC2.[2H]C([2H])([2H])Oc1cc2c(cc1OC)[C@@H]1C[C@H](O)[C@@H](CC(C)C)CN1CC2.[2H]C([2H])([2H])Oc1cc2c(cc1OC)[C@H]1C[C@@H](O)[C@H](CC(C)C)CN1CC2.[2H]C([2H])([2H])Oc1cc2c(cc1OC)[C@H]1C[C@H](O)[C@H](CC(C)C)CN1CC2. The van der Waals surface area contributed by atoms with E-state index in [-0.39, 0.29) is 71.6 Å². The Balaban J connectivity index is 0.000000161. The smallest absolute Gasteiger partial charge is 0.161 e. The maximum atomic E-state index is 10.7. The van der Waals surface area contributed by atoms with Crippen LogP contribution in [-0.2, 0) is 25.7 Å². The fourth-order valence-corrected chi connectivity index (χ4v) is 16.7. The van der Waals surface area contributed by atoms with E-state index < -0.39 is 28.2 Å². The molecule has 92 heavy (non-hydrogen) atoms. The van der Waals surface area contributed by atoms with Crippen molar-refractivity contribution in [2.45, 2.75) is 181 Å². The van der Waals surface area contributed by atoms with Crippen molar-refractivity contribution in [3.05, 3.63) is 93.0 Å². The van der Waals surface area contributed by atoms with Gasteiger partial charge in [0.05, 0.1) is 97.5 Å². The summed E-state index contributed by atoms with van der Waals surface area (Å²) >= 11 is 0. The molecule has 0 amide bonds. The molecule has 4 aromatic rings. The molecule has 4 fully saturated rings. The van der Waals surface area contributed by atoms with Crippen LogP contribution in [0.1, 0.15) is 192 Å². The van der Waals surface area contributed by atoms with Gasteiger partial charge in [-0.2, -0.15) is 0 Å². The summed E-state index contributed by atoms with van der Waals surface area (Å²) in [5.41, 5.74) is 8.81. The van der Waals surface area contributed by atoms with E-state index in [9.17, 15) is 20.4 Å². The Morgan fingerprint density at radius 1 is 0.337 bits per heavy atom. The van der Waals surface area contributed by atoms with Gasteiger partial charge in [0.15, 0.2) is 46.0 Å². The fraction of sp³-hybridized carbons (Fsp3) is 0.684.